The molecule has 1 aromatic carbocycles. The van der Waals surface area contributed by atoms with Crippen molar-refractivity contribution in [1.29, 1.82) is 0 Å². The first-order chi connectivity index (χ1) is 7.63. The summed E-state index contributed by atoms with van der Waals surface area (Å²) < 4.78 is 2.12. The summed E-state index contributed by atoms with van der Waals surface area (Å²) in [5.74, 6) is 1.66. The van der Waals surface area contributed by atoms with Crippen LogP contribution in [0.15, 0.2) is 18.2 Å². The Morgan fingerprint density at radius 2 is 2.25 bits per heavy atom. The minimum atomic E-state index is 0.377. The van der Waals surface area contributed by atoms with Crippen LogP contribution in [0, 0.1) is 6.92 Å². The van der Waals surface area contributed by atoms with Gasteiger partial charge < -0.3 is 10.3 Å². The average molecular weight is 235 g/mol. The van der Waals surface area contributed by atoms with Gasteiger partial charge in [0.25, 0.3) is 0 Å². The summed E-state index contributed by atoms with van der Waals surface area (Å²) in [4.78, 5) is 4.39. The van der Waals surface area contributed by atoms with Crippen molar-refractivity contribution in [2.75, 3.05) is 17.7 Å². The molecule has 0 aliphatic heterocycles. The number of hydrogen-bond acceptors (Lipinski definition) is 3. The van der Waals surface area contributed by atoms with Crippen LogP contribution in [0.1, 0.15) is 18.5 Å². The number of fused-ring (bicyclic) bond motifs is 1. The van der Waals surface area contributed by atoms with E-state index in [2.05, 4.69) is 41.8 Å². The van der Waals surface area contributed by atoms with E-state index < -0.39 is 0 Å². The van der Waals surface area contributed by atoms with E-state index in [1.54, 1.807) is 0 Å². The van der Waals surface area contributed by atoms with Crippen molar-refractivity contribution in [3.8, 4) is 0 Å². The number of anilines is 1. The first-order valence-corrected chi connectivity index (χ1v) is 6.76. The summed E-state index contributed by atoms with van der Waals surface area (Å²) in [6.45, 7) is 4.27. The maximum Gasteiger partial charge on any atom is 0.201 e. The lowest BCUT2D eigenvalue weighted by atomic mass is 10.2. The Bertz CT molecular complexity index is 504. The fraction of sp³-hybridized carbons (Fsp3) is 0.417. The highest BCUT2D eigenvalue weighted by atomic mass is 32.2. The van der Waals surface area contributed by atoms with E-state index in [1.165, 1.54) is 5.56 Å². The molecule has 0 amide bonds. The number of hydrogen-bond donors (Lipinski definition) is 1. The van der Waals surface area contributed by atoms with Crippen LogP contribution in [0.5, 0.6) is 0 Å². The van der Waals surface area contributed by atoms with Crippen molar-refractivity contribution in [2.24, 2.45) is 0 Å². The van der Waals surface area contributed by atoms with Crippen molar-refractivity contribution in [2.45, 2.75) is 19.9 Å². The molecule has 0 radical (unpaired) electrons. The minimum Gasteiger partial charge on any atom is -0.369 e. The molecular weight excluding hydrogens is 218 g/mol. The number of aromatic nitrogens is 2. The molecule has 1 unspecified atom stereocenters. The third kappa shape index (κ3) is 1.89. The highest BCUT2D eigenvalue weighted by Crippen LogP contribution is 2.25. The van der Waals surface area contributed by atoms with Crippen molar-refractivity contribution in [1.82, 2.24) is 9.55 Å². The molecule has 0 saturated carbocycles. The summed E-state index contributed by atoms with van der Waals surface area (Å²) in [6.07, 6.45) is 2.11. The van der Waals surface area contributed by atoms with Gasteiger partial charge in [0.05, 0.1) is 11.0 Å². The lowest BCUT2D eigenvalue weighted by Gasteiger charge is -2.14. The number of imidazole rings is 1. The molecule has 0 saturated heterocycles. The Hall–Kier alpha value is -1.16. The van der Waals surface area contributed by atoms with Crippen molar-refractivity contribution < 1.29 is 0 Å². The highest BCUT2D eigenvalue weighted by Gasteiger charge is 2.13. The van der Waals surface area contributed by atoms with Crippen LogP contribution in [0.2, 0.25) is 0 Å². The van der Waals surface area contributed by atoms with Gasteiger partial charge in [0.2, 0.25) is 5.95 Å². The molecule has 0 bridgehead atoms. The number of benzene rings is 1. The molecule has 4 heteroatoms. The molecule has 2 N–H and O–H groups in total. The molecule has 86 valence electrons. The van der Waals surface area contributed by atoms with Crippen LogP contribution in [0.25, 0.3) is 11.0 Å². The van der Waals surface area contributed by atoms with E-state index in [0.29, 0.717) is 12.0 Å². The van der Waals surface area contributed by atoms with Gasteiger partial charge in [-0.25, -0.2) is 4.98 Å². The molecular formula is C12H17N3S. The quantitative estimate of drug-likeness (QED) is 0.889. The Kier molecular flexibility index (Phi) is 3.10. The van der Waals surface area contributed by atoms with Gasteiger partial charge >= 0.3 is 0 Å². The Morgan fingerprint density at radius 3 is 2.94 bits per heavy atom. The SMILES string of the molecule is CSCC(C)n1c(N)nc2ccc(C)cc21. The van der Waals surface area contributed by atoms with Gasteiger partial charge in [0.1, 0.15) is 0 Å². The second-order valence-electron chi connectivity index (χ2n) is 4.14. The largest absolute Gasteiger partial charge is 0.369 e. The fourth-order valence-electron chi connectivity index (χ4n) is 2.00. The van der Waals surface area contributed by atoms with Gasteiger partial charge in [-0.3, -0.25) is 0 Å². The standard InChI is InChI=1S/C12H17N3S/c1-8-4-5-10-11(6-8)15(12(13)14-10)9(2)7-16-3/h4-6,9H,7H2,1-3H3,(H2,13,14). The average Bonchev–Trinajstić information content (AvgIpc) is 2.53. The smallest absolute Gasteiger partial charge is 0.201 e. The number of nitrogens with zero attached hydrogens (tertiary/aromatic N) is 2. The van der Waals surface area contributed by atoms with Gasteiger partial charge in [-0.15, -0.1) is 0 Å². The summed E-state index contributed by atoms with van der Waals surface area (Å²) >= 11 is 1.83. The van der Waals surface area contributed by atoms with E-state index in [9.17, 15) is 0 Å². The van der Waals surface area contributed by atoms with E-state index >= 15 is 0 Å². The topological polar surface area (TPSA) is 43.8 Å². The molecule has 0 fully saturated rings. The normalized spacial score (nSPS) is 13.2. The summed E-state index contributed by atoms with van der Waals surface area (Å²) in [5, 5.41) is 0. The molecule has 0 aliphatic rings. The van der Waals surface area contributed by atoms with Gasteiger partial charge in [0.15, 0.2) is 0 Å². The number of thioether (sulfide) groups is 1. The second-order valence-corrected chi connectivity index (χ2v) is 5.05. The molecule has 16 heavy (non-hydrogen) atoms. The van der Waals surface area contributed by atoms with E-state index in [4.69, 9.17) is 5.73 Å². The molecule has 1 heterocycles. The Morgan fingerprint density at radius 1 is 1.50 bits per heavy atom. The zero-order valence-electron chi connectivity index (χ0n) is 9.90. The van der Waals surface area contributed by atoms with Crippen LogP contribution in [-0.2, 0) is 0 Å². The monoisotopic (exact) mass is 235 g/mol. The molecule has 2 aromatic rings. The molecule has 2 rings (SSSR count). The van der Waals surface area contributed by atoms with Crippen LogP contribution in [0.3, 0.4) is 0 Å². The zero-order valence-corrected chi connectivity index (χ0v) is 10.7. The molecule has 3 nitrogen and oxygen atoms in total. The third-order valence-electron chi connectivity index (χ3n) is 2.72. The Balaban J connectivity index is 2.58. The molecule has 1 aromatic heterocycles. The van der Waals surface area contributed by atoms with Crippen molar-refractivity contribution in [3.63, 3.8) is 0 Å². The molecule has 1 atom stereocenters. The number of nitrogens with two attached hydrogens (primary N) is 1. The van der Waals surface area contributed by atoms with Gasteiger partial charge in [-0.2, -0.15) is 11.8 Å². The highest BCUT2D eigenvalue weighted by molar-refractivity contribution is 7.98. The first kappa shape index (κ1) is 11.3. The lowest BCUT2D eigenvalue weighted by Crippen LogP contribution is -2.10. The first-order valence-electron chi connectivity index (χ1n) is 5.36. The second kappa shape index (κ2) is 4.37. The van der Waals surface area contributed by atoms with Gasteiger partial charge in [-0.1, -0.05) is 6.07 Å². The zero-order chi connectivity index (χ0) is 11.7. The third-order valence-corrected chi connectivity index (χ3v) is 3.54. The summed E-state index contributed by atoms with van der Waals surface area (Å²) in [7, 11) is 0. The predicted octanol–water partition coefficient (Wildman–Crippen LogP) is 2.85. The van der Waals surface area contributed by atoms with E-state index in [0.717, 1.165) is 16.8 Å². The molecule has 0 spiro atoms. The summed E-state index contributed by atoms with van der Waals surface area (Å²) in [6, 6.07) is 6.62. The van der Waals surface area contributed by atoms with Crippen LogP contribution in [0.4, 0.5) is 5.95 Å². The number of rotatable bonds is 3. The Labute approximate surface area is 100 Å². The summed E-state index contributed by atoms with van der Waals surface area (Å²) in [5.41, 5.74) is 9.34. The molecule has 0 aliphatic carbocycles. The maximum absolute atomic E-state index is 5.98. The number of aryl methyl sites for hydroxylation is 1. The van der Waals surface area contributed by atoms with Crippen LogP contribution >= 0.6 is 11.8 Å². The number of nitrogen functional groups attached to an aromatic ring is 1. The minimum absolute atomic E-state index is 0.377. The maximum atomic E-state index is 5.98. The predicted molar refractivity (Wildman–Crippen MR) is 72.0 cm³/mol. The van der Waals surface area contributed by atoms with Crippen LogP contribution in [-0.4, -0.2) is 21.6 Å². The van der Waals surface area contributed by atoms with E-state index in [1.807, 2.05) is 17.8 Å². The fourth-order valence-corrected chi connectivity index (χ4v) is 2.63. The van der Waals surface area contributed by atoms with Crippen molar-refractivity contribution >= 4 is 28.7 Å². The van der Waals surface area contributed by atoms with Gasteiger partial charge in [0, 0.05) is 11.8 Å². The van der Waals surface area contributed by atoms with Gasteiger partial charge in [-0.05, 0) is 37.8 Å². The van der Waals surface area contributed by atoms with Crippen LogP contribution < -0.4 is 5.73 Å². The lowest BCUT2D eigenvalue weighted by molar-refractivity contribution is 0.637. The van der Waals surface area contributed by atoms with E-state index in [-0.39, 0.29) is 0 Å². The van der Waals surface area contributed by atoms with Crippen molar-refractivity contribution in [3.05, 3.63) is 23.8 Å².